The molecule has 0 aliphatic carbocycles. The average molecular weight is 264 g/mol. The summed E-state index contributed by atoms with van der Waals surface area (Å²) in [5.41, 5.74) is 0.460. The molecule has 1 saturated heterocycles. The highest BCUT2D eigenvalue weighted by Crippen LogP contribution is 2.41. The van der Waals surface area contributed by atoms with E-state index in [0.29, 0.717) is 6.61 Å². The van der Waals surface area contributed by atoms with Gasteiger partial charge < -0.3 is 14.9 Å². The van der Waals surface area contributed by atoms with E-state index in [9.17, 15) is 9.90 Å². The molecule has 4 heteroatoms. The number of carboxylic acids is 1. The highest BCUT2D eigenvalue weighted by Gasteiger charge is 2.38. The number of rotatable bonds is 2. The van der Waals surface area contributed by atoms with Crippen molar-refractivity contribution in [2.45, 2.75) is 44.6 Å². The van der Waals surface area contributed by atoms with Crippen LogP contribution in [0.5, 0.6) is 5.75 Å². The molecule has 1 fully saturated rings. The van der Waals surface area contributed by atoms with Crippen molar-refractivity contribution in [1.29, 1.82) is 0 Å². The normalized spacial score (nSPS) is 26.1. The van der Waals surface area contributed by atoms with Gasteiger partial charge in [0.25, 0.3) is 0 Å². The fourth-order valence-electron chi connectivity index (χ4n) is 2.46. The Balaban J connectivity index is 2.29. The summed E-state index contributed by atoms with van der Waals surface area (Å²) in [5.74, 6) is -1.00. The second kappa shape index (κ2) is 4.53. The maximum Gasteiger partial charge on any atom is 0.335 e. The summed E-state index contributed by atoms with van der Waals surface area (Å²) in [7, 11) is 0. The molecule has 4 nitrogen and oxygen atoms in total. The van der Waals surface area contributed by atoms with Gasteiger partial charge in [0.2, 0.25) is 0 Å². The third-order valence-electron chi connectivity index (χ3n) is 3.96. The molecule has 1 aliphatic heterocycles. The summed E-state index contributed by atoms with van der Waals surface area (Å²) < 4.78 is 5.84. The Labute approximate surface area is 113 Å². The Kier molecular flexibility index (Phi) is 3.31. The molecule has 0 bridgehead atoms. The quantitative estimate of drug-likeness (QED) is 0.861. The van der Waals surface area contributed by atoms with Gasteiger partial charge >= 0.3 is 5.97 Å². The van der Waals surface area contributed by atoms with Crippen LogP contribution >= 0.6 is 0 Å². The number of phenolic OH excluding ortho intramolecular Hbond substituents is 1. The molecule has 1 atom stereocenters. The lowest BCUT2D eigenvalue weighted by Crippen LogP contribution is -2.42. The zero-order valence-electron chi connectivity index (χ0n) is 11.6. The monoisotopic (exact) mass is 264 g/mol. The van der Waals surface area contributed by atoms with Crippen LogP contribution in [-0.2, 0) is 10.2 Å². The predicted octanol–water partition coefficient (Wildman–Crippen LogP) is 2.94. The first kappa shape index (κ1) is 13.9. The second-order valence-electron chi connectivity index (χ2n) is 6.15. The molecule has 0 unspecified atom stereocenters. The van der Waals surface area contributed by atoms with E-state index in [2.05, 4.69) is 13.8 Å². The number of carboxylic acid groups (broad SMARTS) is 1. The molecule has 0 spiro atoms. The van der Waals surface area contributed by atoms with Gasteiger partial charge in [-0.15, -0.1) is 0 Å². The van der Waals surface area contributed by atoms with Gasteiger partial charge in [0, 0.05) is 11.0 Å². The van der Waals surface area contributed by atoms with Crippen LogP contribution in [0.25, 0.3) is 0 Å². The lowest BCUT2D eigenvalue weighted by molar-refractivity contribution is -0.0844. The molecule has 0 saturated carbocycles. The summed E-state index contributed by atoms with van der Waals surface area (Å²) in [5, 5.41) is 19.0. The maximum absolute atomic E-state index is 10.9. The van der Waals surface area contributed by atoms with Crippen molar-refractivity contribution in [2.24, 2.45) is 0 Å². The summed E-state index contributed by atoms with van der Waals surface area (Å²) >= 11 is 0. The molecule has 0 aromatic heterocycles. The van der Waals surface area contributed by atoms with E-state index in [1.807, 2.05) is 6.92 Å². The summed E-state index contributed by atoms with van der Waals surface area (Å²) in [4.78, 5) is 10.9. The zero-order chi connectivity index (χ0) is 14.3. The molecule has 2 rings (SSSR count). The van der Waals surface area contributed by atoms with Gasteiger partial charge in [-0.25, -0.2) is 4.79 Å². The fraction of sp³-hybridized carbons (Fsp3) is 0.533. The van der Waals surface area contributed by atoms with Crippen LogP contribution in [0.15, 0.2) is 18.2 Å². The highest BCUT2D eigenvalue weighted by atomic mass is 16.5. The lowest BCUT2D eigenvalue weighted by atomic mass is 9.74. The van der Waals surface area contributed by atoms with Crippen molar-refractivity contribution in [1.82, 2.24) is 0 Å². The van der Waals surface area contributed by atoms with Crippen LogP contribution in [0.4, 0.5) is 0 Å². The van der Waals surface area contributed by atoms with Crippen molar-refractivity contribution in [3.63, 3.8) is 0 Å². The number of phenols is 1. The van der Waals surface area contributed by atoms with Crippen LogP contribution in [0.3, 0.4) is 0 Å². The Morgan fingerprint density at radius 3 is 2.42 bits per heavy atom. The Morgan fingerprint density at radius 1 is 1.26 bits per heavy atom. The molecule has 0 radical (unpaired) electrons. The van der Waals surface area contributed by atoms with Crippen molar-refractivity contribution < 1.29 is 19.7 Å². The summed E-state index contributed by atoms with van der Waals surface area (Å²) in [6.07, 6.45) is 1.81. The highest BCUT2D eigenvalue weighted by molar-refractivity contribution is 5.88. The number of hydrogen-bond donors (Lipinski definition) is 2. The van der Waals surface area contributed by atoms with E-state index in [1.54, 1.807) is 6.07 Å². The zero-order valence-corrected chi connectivity index (χ0v) is 11.6. The number of hydrogen-bond acceptors (Lipinski definition) is 3. The van der Waals surface area contributed by atoms with Gasteiger partial charge in [0.15, 0.2) is 0 Å². The molecular weight excluding hydrogens is 244 g/mol. The van der Waals surface area contributed by atoms with Crippen LogP contribution in [-0.4, -0.2) is 28.4 Å². The molecule has 1 heterocycles. The van der Waals surface area contributed by atoms with Gasteiger partial charge in [-0.1, -0.05) is 13.0 Å². The van der Waals surface area contributed by atoms with Crippen LogP contribution in [0.1, 0.15) is 49.5 Å². The van der Waals surface area contributed by atoms with Crippen molar-refractivity contribution in [2.75, 3.05) is 6.61 Å². The molecule has 1 aliphatic rings. The van der Waals surface area contributed by atoms with Gasteiger partial charge in [-0.05, 0) is 38.8 Å². The van der Waals surface area contributed by atoms with E-state index in [4.69, 9.17) is 9.84 Å². The van der Waals surface area contributed by atoms with Crippen LogP contribution in [0, 0.1) is 0 Å². The Hall–Kier alpha value is -1.55. The molecule has 19 heavy (non-hydrogen) atoms. The molecule has 1 aromatic carbocycles. The third-order valence-corrected chi connectivity index (χ3v) is 3.96. The summed E-state index contributed by atoms with van der Waals surface area (Å²) in [6.45, 7) is 6.68. The van der Waals surface area contributed by atoms with Crippen LogP contribution < -0.4 is 0 Å². The maximum atomic E-state index is 10.9. The third kappa shape index (κ3) is 2.73. The van der Waals surface area contributed by atoms with Crippen molar-refractivity contribution in [3.8, 4) is 5.75 Å². The largest absolute Gasteiger partial charge is 0.508 e. The van der Waals surface area contributed by atoms with E-state index in [-0.39, 0.29) is 22.3 Å². The van der Waals surface area contributed by atoms with E-state index in [0.717, 1.165) is 18.4 Å². The summed E-state index contributed by atoms with van der Waals surface area (Å²) in [6, 6.07) is 4.53. The molecule has 0 amide bonds. The van der Waals surface area contributed by atoms with Gasteiger partial charge in [0.1, 0.15) is 5.75 Å². The number of ether oxygens (including phenoxy) is 1. The smallest absolute Gasteiger partial charge is 0.335 e. The predicted molar refractivity (Wildman–Crippen MR) is 71.7 cm³/mol. The van der Waals surface area contributed by atoms with Crippen LogP contribution in [0.2, 0.25) is 0 Å². The first-order valence-electron chi connectivity index (χ1n) is 6.44. The first-order valence-corrected chi connectivity index (χ1v) is 6.44. The van der Waals surface area contributed by atoms with Gasteiger partial charge in [-0.3, -0.25) is 0 Å². The topological polar surface area (TPSA) is 66.8 Å². The molecule has 1 aromatic rings. The number of aromatic carboxylic acids is 1. The number of benzene rings is 1. The Bertz CT molecular complexity index is 495. The fourth-order valence-corrected chi connectivity index (χ4v) is 2.46. The van der Waals surface area contributed by atoms with E-state index in [1.165, 1.54) is 12.1 Å². The first-order chi connectivity index (χ1) is 8.73. The lowest BCUT2D eigenvalue weighted by Gasteiger charge is -2.42. The van der Waals surface area contributed by atoms with Gasteiger partial charge in [-0.2, -0.15) is 0 Å². The minimum Gasteiger partial charge on any atom is -0.508 e. The molecule has 104 valence electrons. The van der Waals surface area contributed by atoms with Crippen molar-refractivity contribution >= 4 is 5.97 Å². The van der Waals surface area contributed by atoms with E-state index < -0.39 is 5.97 Å². The minimum absolute atomic E-state index is 0.0331. The van der Waals surface area contributed by atoms with Gasteiger partial charge in [0.05, 0.1) is 17.8 Å². The second-order valence-corrected chi connectivity index (χ2v) is 6.15. The van der Waals surface area contributed by atoms with Crippen molar-refractivity contribution in [3.05, 3.63) is 29.3 Å². The minimum atomic E-state index is -1.03. The Morgan fingerprint density at radius 2 is 1.95 bits per heavy atom. The number of aromatic hydroxyl groups is 1. The standard InChI is InChI=1S/C15H20O4/c1-14(2)6-7-15(3,9-19-14)11-5-4-10(13(17)18)8-12(11)16/h4-5,8,16H,6-7,9H2,1-3H3,(H,17,18)/t15-/m0/s1. The SMILES string of the molecule is CC1(C)CC[C@](C)(c2ccc(C(=O)O)cc2O)CO1. The number of carbonyl (C=O) groups is 1. The average Bonchev–Trinajstić information content (AvgIpc) is 2.33. The molecular formula is C15H20O4. The van der Waals surface area contributed by atoms with E-state index >= 15 is 0 Å². The molecule has 2 N–H and O–H groups in total.